The summed E-state index contributed by atoms with van der Waals surface area (Å²) in [6, 6.07) is 4.79. The number of pyridine rings is 1. The fourth-order valence-corrected chi connectivity index (χ4v) is 1.91. The average molecular weight is 262 g/mol. The van der Waals surface area contributed by atoms with Crippen molar-refractivity contribution in [1.82, 2.24) is 15.3 Å². The SMILES string of the molecule is NNC(=O)c1cccc(CN2C(=O)CCCC2=O)n1. The van der Waals surface area contributed by atoms with Crippen LogP contribution in [-0.2, 0) is 16.1 Å². The zero-order valence-corrected chi connectivity index (χ0v) is 10.3. The number of nitrogens with one attached hydrogen (secondary N) is 1. The first-order valence-electron chi connectivity index (χ1n) is 5.92. The number of carbonyl (C=O) groups excluding carboxylic acids is 3. The Bertz CT molecular complexity index is 513. The highest BCUT2D eigenvalue weighted by Crippen LogP contribution is 2.15. The molecule has 0 spiro atoms. The number of nitrogen functional groups attached to an aromatic ring is 1. The van der Waals surface area contributed by atoms with E-state index in [0.29, 0.717) is 25.0 Å². The van der Waals surface area contributed by atoms with E-state index >= 15 is 0 Å². The molecule has 3 N–H and O–H groups in total. The number of piperidine rings is 1. The number of rotatable bonds is 3. The quantitative estimate of drug-likeness (QED) is 0.337. The van der Waals surface area contributed by atoms with E-state index in [1.54, 1.807) is 12.1 Å². The van der Waals surface area contributed by atoms with E-state index in [1.165, 1.54) is 11.0 Å². The Morgan fingerprint density at radius 1 is 1.32 bits per heavy atom. The lowest BCUT2D eigenvalue weighted by Crippen LogP contribution is -2.39. The molecule has 0 atom stereocenters. The van der Waals surface area contributed by atoms with Crippen molar-refractivity contribution < 1.29 is 14.4 Å². The maximum absolute atomic E-state index is 11.7. The van der Waals surface area contributed by atoms with Gasteiger partial charge in [-0.15, -0.1) is 0 Å². The lowest BCUT2D eigenvalue weighted by Gasteiger charge is -2.24. The van der Waals surface area contributed by atoms with Crippen LogP contribution in [0.4, 0.5) is 0 Å². The normalized spacial score (nSPS) is 15.5. The second kappa shape index (κ2) is 5.57. The molecule has 1 fully saturated rings. The molecule has 1 aromatic heterocycles. The molecule has 2 heterocycles. The molecule has 100 valence electrons. The van der Waals surface area contributed by atoms with E-state index in [0.717, 1.165) is 0 Å². The zero-order chi connectivity index (χ0) is 13.8. The molecule has 1 aromatic rings. The van der Waals surface area contributed by atoms with Crippen molar-refractivity contribution in [3.05, 3.63) is 29.6 Å². The molecule has 0 bridgehead atoms. The smallest absolute Gasteiger partial charge is 0.283 e. The van der Waals surface area contributed by atoms with Crippen molar-refractivity contribution in [3.63, 3.8) is 0 Å². The van der Waals surface area contributed by atoms with Crippen LogP contribution in [0.5, 0.6) is 0 Å². The number of nitrogens with zero attached hydrogens (tertiary/aromatic N) is 2. The van der Waals surface area contributed by atoms with Gasteiger partial charge in [-0.2, -0.15) is 0 Å². The minimum absolute atomic E-state index is 0.0867. The van der Waals surface area contributed by atoms with E-state index in [4.69, 9.17) is 5.84 Å². The predicted molar refractivity (Wildman–Crippen MR) is 65.3 cm³/mol. The Labute approximate surface area is 109 Å². The van der Waals surface area contributed by atoms with Crippen molar-refractivity contribution in [1.29, 1.82) is 0 Å². The second-order valence-corrected chi connectivity index (χ2v) is 4.21. The first kappa shape index (κ1) is 13.2. The molecule has 7 heteroatoms. The third-order valence-corrected chi connectivity index (χ3v) is 2.87. The summed E-state index contributed by atoms with van der Waals surface area (Å²) >= 11 is 0. The zero-order valence-electron chi connectivity index (χ0n) is 10.3. The molecule has 1 saturated heterocycles. The molecule has 2 rings (SSSR count). The Morgan fingerprint density at radius 2 is 2.00 bits per heavy atom. The van der Waals surface area contributed by atoms with Crippen LogP contribution in [0.25, 0.3) is 0 Å². The average Bonchev–Trinajstić information content (AvgIpc) is 2.42. The molecule has 3 amide bonds. The van der Waals surface area contributed by atoms with E-state index in [1.807, 2.05) is 5.43 Å². The molecule has 0 unspecified atom stereocenters. The lowest BCUT2D eigenvalue weighted by molar-refractivity contribution is -0.148. The maximum atomic E-state index is 11.7. The standard InChI is InChI=1S/C12H14N4O3/c13-15-12(19)9-4-1-3-8(14-9)7-16-10(17)5-2-6-11(16)18/h1,3-4H,2,5-7,13H2,(H,15,19). The topological polar surface area (TPSA) is 105 Å². The number of amides is 3. The van der Waals surface area contributed by atoms with Crippen molar-refractivity contribution in [2.75, 3.05) is 0 Å². The lowest BCUT2D eigenvalue weighted by atomic mass is 10.1. The molecular weight excluding hydrogens is 248 g/mol. The molecule has 7 nitrogen and oxygen atoms in total. The number of hydrogen-bond acceptors (Lipinski definition) is 5. The molecule has 1 aliphatic heterocycles. The fourth-order valence-electron chi connectivity index (χ4n) is 1.91. The molecular formula is C12H14N4O3. The Morgan fingerprint density at radius 3 is 2.63 bits per heavy atom. The van der Waals surface area contributed by atoms with E-state index in [-0.39, 0.29) is 24.1 Å². The van der Waals surface area contributed by atoms with Gasteiger partial charge in [0.25, 0.3) is 5.91 Å². The molecule has 0 aliphatic carbocycles. The minimum Gasteiger partial charge on any atom is -0.289 e. The van der Waals surface area contributed by atoms with Gasteiger partial charge in [0, 0.05) is 12.8 Å². The summed E-state index contributed by atoms with van der Waals surface area (Å²) < 4.78 is 0. The number of likely N-dealkylation sites (tertiary alicyclic amines) is 1. The van der Waals surface area contributed by atoms with Gasteiger partial charge in [0.05, 0.1) is 12.2 Å². The van der Waals surface area contributed by atoms with Crippen molar-refractivity contribution in [2.45, 2.75) is 25.8 Å². The van der Waals surface area contributed by atoms with Gasteiger partial charge in [-0.3, -0.25) is 24.7 Å². The molecule has 1 aliphatic rings. The number of hydrogen-bond donors (Lipinski definition) is 2. The van der Waals surface area contributed by atoms with Crippen LogP contribution in [0.3, 0.4) is 0 Å². The van der Waals surface area contributed by atoms with Gasteiger partial charge >= 0.3 is 0 Å². The van der Waals surface area contributed by atoms with Crippen LogP contribution >= 0.6 is 0 Å². The highest BCUT2D eigenvalue weighted by molar-refractivity contribution is 5.97. The maximum Gasteiger partial charge on any atom is 0.283 e. The Kier molecular flexibility index (Phi) is 3.86. The van der Waals surface area contributed by atoms with Crippen molar-refractivity contribution in [3.8, 4) is 0 Å². The van der Waals surface area contributed by atoms with Crippen molar-refractivity contribution >= 4 is 17.7 Å². The van der Waals surface area contributed by atoms with E-state index in [9.17, 15) is 14.4 Å². The summed E-state index contributed by atoms with van der Waals surface area (Å²) in [6.07, 6.45) is 1.33. The summed E-state index contributed by atoms with van der Waals surface area (Å²) in [4.78, 5) is 39.9. The monoisotopic (exact) mass is 262 g/mol. The van der Waals surface area contributed by atoms with Crippen LogP contribution in [0.1, 0.15) is 35.4 Å². The van der Waals surface area contributed by atoms with Crippen LogP contribution < -0.4 is 11.3 Å². The van der Waals surface area contributed by atoms with Gasteiger partial charge in [-0.05, 0) is 18.6 Å². The molecule has 0 saturated carbocycles. The summed E-state index contributed by atoms with van der Waals surface area (Å²) in [5, 5.41) is 0. The highest BCUT2D eigenvalue weighted by Gasteiger charge is 2.26. The number of aromatic nitrogens is 1. The van der Waals surface area contributed by atoms with Gasteiger partial charge in [-0.1, -0.05) is 6.07 Å². The number of carbonyl (C=O) groups is 3. The second-order valence-electron chi connectivity index (χ2n) is 4.21. The van der Waals surface area contributed by atoms with Gasteiger partial charge in [0.1, 0.15) is 5.69 Å². The number of imide groups is 1. The highest BCUT2D eigenvalue weighted by atomic mass is 16.2. The van der Waals surface area contributed by atoms with Crippen LogP contribution in [0, 0.1) is 0 Å². The fraction of sp³-hybridized carbons (Fsp3) is 0.333. The summed E-state index contributed by atoms with van der Waals surface area (Å²) in [6.45, 7) is 0.0867. The van der Waals surface area contributed by atoms with Gasteiger partial charge < -0.3 is 0 Å². The van der Waals surface area contributed by atoms with Crippen LogP contribution in [0.15, 0.2) is 18.2 Å². The first-order chi connectivity index (χ1) is 9.11. The van der Waals surface area contributed by atoms with Gasteiger partial charge in [-0.25, -0.2) is 10.8 Å². The summed E-state index contributed by atoms with van der Waals surface area (Å²) in [5.74, 6) is 4.10. The molecule has 0 radical (unpaired) electrons. The number of nitrogens with two attached hydrogens (primary N) is 1. The Balaban J connectivity index is 2.16. The summed E-state index contributed by atoms with van der Waals surface area (Å²) in [7, 11) is 0. The third kappa shape index (κ3) is 2.94. The predicted octanol–water partition coefficient (Wildman–Crippen LogP) is -0.276. The van der Waals surface area contributed by atoms with E-state index in [2.05, 4.69) is 4.98 Å². The Hall–Kier alpha value is -2.28. The third-order valence-electron chi connectivity index (χ3n) is 2.87. The van der Waals surface area contributed by atoms with Crippen LogP contribution in [0.2, 0.25) is 0 Å². The molecule has 19 heavy (non-hydrogen) atoms. The summed E-state index contributed by atoms with van der Waals surface area (Å²) in [5.41, 5.74) is 2.61. The first-order valence-corrected chi connectivity index (χ1v) is 5.92. The minimum atomic E-state index is -0.516. The largest absolute Gasteiger partial charge is 0.289 e. The molecule has 0 aromatic carbocycles. The van der Waals surface area contributed by atoms with Crippen LogP contribution in [-0.4, -0.2) is 27.6 Å². The van der Waals surface area contributed by atoms with Crippen molar-refractivity contribution in [2.24, 2.45) is 5.84 Å². The van der Waals surface area contributed by atoms with Gasteiger partial charge in [0.15, 0.2) is 0 Å². The van der Waals surface area contributed by atoms with E-state index < -0.39 is 5.91 Å². The number of hydrazine groups is 1. The van der Waals surface area contributed by atoms with Gasteiger partial charge in [0.2, 0.25) is 11.8 Å².